The zero-order valence-electron chi connectivity index (χ0n) is 10.7. The molecule has 0 radical (unpaired) electrons. The van der Waals surface area contributed by atoms with Gasteiger partial charge in [-0.1, -0.05) is 25.1 Å². The molecule has 0 saturated heterocycles. The van der Waals surface area contributed by atoms with E-state index in [0.29, 0.717) is 0 Å². The molecule has 2 atom stereocenters. The van der Waals surface area contributed by atoms with E-state index in [0.717, 1.165) is 18.4 Å². The summed E-state index contributed by atoms with van der Waals surface area (Å²) in [5.74, 6) is 1.71. The van der Waals surface area contributed by atoms with Gasteiger partial charge >= 0.3 is 0 Å². The fourth-order valence-electron chi connectivity index (χ4n) is 2.70. The zero-order chi connectivity index (χ0) is 11.5. The molecule has 0 spiro atoms. The predicted molar refractivity (Wildman–Crippen MR) is 69.9 cm³/mol. The first-order chi connectivity index (χ1) is 7.74. The molecule has 0 bridgehead atoms. The maximum atomic E-state index is 3.54. The molecule has 1 nitrogen and oxygen atoms in total. The van der Waals surface area contributed by atoms with E-state index in [2.05, 4.69) is 44.3 Å². The van der Waals surface area contributed by atoms with Crippen LogP contribution in [0.4, 0.5) is 0 Å². The lowest BCUT2D eigenvalue weighted by Crippen LogP contribution is -2.18. The third kappa shape index (κ3) is 2.46. The largest absolute Gasteiger partial charge is 0.316 e. The van der Waals surface area contributed by atoms with Crippen LogP contribution in [-0.2, 0) is 0 Å². The van der Waals surface area contributed by atoms with Gasteiger partial charge in [-0.05, 0) is 68.3 Å². The van der Waals surface area contributed by atoms with Crippen molar-refractivity contribution < 1.29 is 0 Å². The Bertz CT molecular complexity index is 336. The van der Waals surface area contributed by atoms with Crippen LogP contribution in [0.25, 0.3) is 0 Å². The molecule has 0 aliphatic heterocycles. The molecule has 88 valence electrons. The molecule has 1 aliphatic carbocycles. The van der Waals surface area contributed by atoms with E-state index in [1.807, 2.05) is 0 Å². The molecular formula is C15H23N. The van der Waals surface area contributed by atoms with Crippen molar-refractivity contribution in [1.82, 2.24) is 5.32 Å². The van der Waals surface area contributed by atoms with Gasteiger partial charge in [0, 0.05) is 0 Å². The molecule has 16 heavy (non-hydrogen) atoms. The van der Waals surface area contributed by atoms with E-state index in [1.54, 1.807) is 5.56 Å². The van der Waals surface area contributed by atoms with Gasteiger partial charge in [0.15, 0.2) is 0 Å². The number of hydrogen-bond donors (Lipinski definition) is 1. The van der Waals surface area contributed by atoms with E-state index >= 15 is 0 Å². The summed E-state index contributed by atoms with van der Waals surface area (Å²) in [7, 11) is 0. The average molecular weight is 217 g/mol. The van der Waals surface area contributed by atoms with Crippen molar-refractivity contribution in [2.45, 2.75) is 39.5 Å². The SMILES string of the molecule is CCCNCC1CC1c1c(C)cccc1C. The van der Waals surface area contributed by atoms with E-state index in [4.69, 9.17) is 0 Å². The topological polar surface area (TPSA) is 12.0 Å². The summed E-state index contributed by atoms with van der Waals surface area (Å²) >= 11 is 0. The standard InChI is InChI=1S/C15H23N/c1-4-8-16-10-13-9-14(13)15-11(2)6-5-7-12(15)3/h5-7,13-14,16H,4,8-10H2,1-3H3. The molecule has 1 saturated carbocycles. The summed E-state index contributed by atoms with van der Waals surface area (Å²) in [6, 6.07) is 6.66. The average Bonchev–Trinajstić information content (AvgIpc) is 2.98. The predicted octanol–water partition coefficient (Wildman–Crippen LogP) is 3.41. The van der Waals surface area contributed by atoms with Crippen LogP contribution < -0.4 is 5.32 Å². The summed E-state index contributed by atoms with van der Waals surface area (Å²) in [6.45, 7) is 9.08. The van der Waals surface area contributed by atoms with Crippen LogP contribution in [0.2, 0.25) is 0 Å². The third-order valence-corrected chi connectivity index (χ3v) is 3.67. The van der Waals surface area contributed by atoms with Crippen molar-refractivity contribution in [3.8, 4) is 0 Å². The molecule has 1 aromatic carbocycles. The number of benzene rings is 1. The van der Waals surface area contributed by atoms with Crippen molar-refractivity contribution in [3.63, 3.8) is 0 Å². The molecule has 1 aromatic rings. The van der Waals surface area contributed by atoms with Crippen LogP contribution in [0.5, 0.6) is 0 Å². The highest BCUT2D eigenvalue weighted by atomic mass is 14.9. The Morgan fingerprint density at radius 2 is 1.94 bits per heavy atom. The molecule has 1 fully saturated rings. The Morgan fingerprint density at radius 3 is 2.56 bits per heavy atom. The van der Waals surface area contributed by atoms with Gasteiger partial charge in [-0.25, -0.2) is 0 Å². The maximum Gasteiger partial charge on any atom is -0.00144 e. The van der Waals surface area contributed by atoms with Crippen LogP contribution in [0, 0.1) is 19.8 Å². The molecule has 2 rings (SSSR count). The molecule has 0 heterocycles. The Labute approximate surface area is 99.3 Å². The van der Waals surface area contributed by atoms with Crippen LogP contribution in [0.3, 0.4) is 0 Å². The third-order valence-electron chi connectivity index (χ3n) is 3.67. The second-order valence-electron chi connectivity index (χ2n) is 5.11. The summed E-state index contributed by atoms with van der Waals surface area (Å²) < 4.78 is 0. The van der Waals surface area contributed by atoms with E-state index in [9.17, 15) is 0 Å². The minimum atomic E-state index is 0.825. The summed E-state index contributed by atoms with van der Waals surface area (Å²) in [6.07, 6.45) is 2.61. The molecule has 1 N–H and O–H groups in total. The first-order valence-electron chi connectivity index (χ1n) is 6.50. The van der Waals surface area contributed by atoms with Crippen LogP contribution in [-0.4, -0.2) is 13.1 Å². The minimum absolute atomic E-state index is 0.825. The van der Waals surface area contributed by atoms with E-state index < -0.39 is 0 Å². The highest BCUT2D eigenvalue weighted by Crippen LogP contribution is 2.49. The van der Waals surface area contributed by atoms with Gasteiger partial charge in [-0.2, -0.15) is 0 Å². The zero-order valence-corrected chi connectivity index (χ0v) is 10.7. The van der Waals surface area contributed by atoms with Crippen LogP contribution in [0.1, 0.15) is 42.4 Å². The van der Waals surface area contributed by atoms with Crippen LogP contribution >= 0.6 is 0 Å². The lowest BCUT2D eigenvalue weighted by atomic mass is 9.98. The second-order valence-corrected chi connectivity index (χ2v) is 5.11. The Kier molecular flexibility index (Phi) is 3.65. The highest BCUT2D eigenvalue weighted by Gasteiger charge is 2.39. The minimum Gasteiger partial charge on any atom is -0.316 e. The van der Waals surface area contributed by atoms with Gasteiger partial charge in [0.1, 0.15) is 0 Å². The van der Waals surface area contributed by atoms with Gasteiger partial charge in [0.2, 0.25) is 0 Å². The van der Waals surface area contributed by atoms with Crippen molar-refractivity contribution in [2.24, 2.45) is 5.92 Å². The molecule has 1 aliphatic rings. The molecule has 0 amide bonds. The number of nitrogens with one attached hydrogen (secondary N) is 1. The fraction of sp³-hybridized carbons (Fsp3) is 0.600. The van der Waals surface area contributed by atoms with Crippen molar-refractivity contribution in [2.75, 3.05) is 13.1 Å². The van der Waals surface area contributed by atoms with Gasteiger partial charge in [-0.3, -0.25) is 0 Å². The van der Waals surface area contributed by atoms with E-state index in [1.165, 1.54) is 30.5 Å². The number of hydrogen-bond acceptors (Lipinski definition) is 1. The first-order valence-corrected chi connectivity index (χ1v) is 6.50. The molecule has 2 unspecified atom stereocenters. The van der Waals surface area contributed by atoms with Gasteiger partial charge in [0.05, 0.1) is 0 Å². The van der Waals surface area contributed by atoms with Crippen molar-refractivity contribution in [1.29, 1.82) is 0 Å². The molecule has 0 aromatic heterocycles. The van der Waals surface area contributed by atoms with Crippen molar-refractivity contribution in [3.05, 3.63) is 34.9 Å². The number of rotatable bonds is 5. The van der Waals surface area contributed by atoms with Gasteiger partial charge in [-0.15, -0.1) is 0 Å². The summed E-state index contributed by atoms with van der Waals surface area (Å²) in [5.41, 5.74) is 4.57. The normalized spacial score (nSPS) is 23.4. The monoisotopic (exact) mass is 217 g/mol. The first kappa shape index (κ1) is 11.7. The lowest BCUT2D eigenvalue weighted by Gasteiger charge is -2.09. The smallest absolute Gasteiger partial charge is 0.00144 e. The van der Waals surface area contributed by atoms with Gasteiger partial charge in [0.25, 0.3) is 0 Å². The highest BCUT2D eigenvalue weighted by molar-refractivity contribution is 5.39. The van der Waals surface area contributed by atoms with Gasteiger partial charge < -0.3 is 5.32 Å². The second kappa shape index (κ2) is 5.01. The summed E-state index contributed by atoms with van der Waals surface area (Å²) in [4.78, 5) is 0. The Hall–Kier alpha value is -0.820. The Balaban J connectivity index is 1.95. The Morgan fingerprint density at radius 1 is 1.25 bits per heavy atom. The lowest BCUT2D eigenvalue weighted by molar-refractivity contribution is 0.619. The van der Waals surface area contributed by atoms with Crippen LogP contribution in [0.15, 0.2) is 18.2 Å². The maximum absolute atomic E-state index is 3.54. The molecular weight excluding hydrogens is 194 g/mol. The quantitative estimate of drug-likeness (QED) is 0.745. The fourth-order valence-corrected chi connectivity index (χ4v) is 2.70. The molecule has 1 heteroatoms. The van der Waals surface area contributed by atoms with E-state index in [-0.39, 0.29) is 0 Å². The van der Waals surface area contributed by atoms with Crippen molar-refractivity contribution >= 4 is 0 Å². The number of aryl methyl sites for hydroxylation is 2. The summed E-state index contributed by atoms with van der Waals surface area (Å²) in [5, 5.41) is 3.54.